The van der Waals surface area contributed by atoms with E-state index < -0.39 is 0 Å². The minimum atomic E-state index is 0.233. The fourth-order valence-corrected chi connectivity index (χ4v) is 4.69. The standard InChI is InChI=1S/C23H27ClN6O2/c1-15-20-21(28-10-12-29(13-11-28)23(31)16-6-5-7-16)25-19(14-32-2)26-22(20)30(27-15)18-9-4-3-8-17(18)24/h3-4,8-9,16H,5-7,10-14H2,1-2H3. The molecule has 168 valence electrons. The number of carbonyl (C=O) groups is 1. The average molecular weight is 455 g/mol. The largest absolute Gasteiger partial charge is 0.377 e. The van der Waals surface area contributed by atoms with Crippen LogP contribution in [-0.2, 0) is 16.1 Å². The van der Waals surface area contributed by atoms with Crippen LogP contribution in [0.5, 0.6) is 0 Å². The molecule has 2 aliphatic rings. The van der Waals surface area contributed by atoms with Gasteiger partial charge in [0.05, 0.1) is 21.8 Å². The summed E-state index contributed by atoms with van der Waals surface area (Å²) in [6, 6.07) is 7.60. The van der Waals surface area contributed by atoms with Gasteiger partial charge in [-0.05, 0) is 31.9 Å². The smallest absolute Gasteiger partial charge is 0.225 e. The second-order valence-corrected chi connectivity index (χ2v) is 8.89. The van der Waals surface area contributed by atoms with Gasteiger partial charge in [-0.2, -0.15) is 5.10 Å². The molecule has 1 amide bonds. The summed E-state index contributed by atoms with van der Waals surface area (Å²) in [6.45, 7) is 5.14. The average Bonchev–Trinajstić information content (AvgIpc) is 3.09. The molecule has 32 heavy (non-hydrogen) atoms. The molecule has 2 fully saturated rings. The number of hydrogen-bond acceptors (Lipinski definition) is 6. The zero-order valence-corrected chi connectivity index (χ0v) is 19.2. The van der Waals surface area contributed by atoms with Gasteiger partial charge in [-0.1, -0.05) is 30.2 Å². The molecule has 3 aromatic rings. The summed E-state index contributed by atoms with van der Waals surface area (Å²) >= 11 is 6.47. The molecule has 1 aliphatic heterocycles. The summed E-state index contributed by atoms with van der Waals surface area (Å²) in [7, 11) is 1.63. The summed E-state index contributed by atoms with van der Waals surface area (Å²) in [5.41, 5.74) is 2.32. The van der Waals surface area contributed by atoms with Gasteiger partial charge in [0.1, 0.15) is 12.4 Å². The van der Waals surface area contributed by atoms with Crippen LogP contribution in [0.15, 0.2) is 24.3 Å². The van der Waals surface area contributed by atoms with Crippen molar-refractivity contribution in [3.63, 3.8) is 0 Å². The maximum atomic E-state index is 12.7. The van der Waals surface area contributed by atoms with Gasteiger partial charge in [0.2, 0.25) is 5.91 Å². The predicted octanol–water partition coefficient (Wildman–Crippen LogP) is 3.37. The lowest BCUT2D eigenvalue weighted by Crippen LogP contribution is -2.51. The topological polar surface area (TPSA) is 76.4 Å². The Hall–Kier alpha value is -2.71. The van der Waals surface area contributed by atoms with Crippen LogP contribution in [0.1, 0.15) is 30.8 Å². The van der Waals surface area contributed by atoms with Crippen molar-refractivity contribution in [3.05, 3.63) is 40.8 Å². The van der Waals surface area contributed by atoms with E-state index >= 15 is 0 Å². The van der Waals surface area contributed by atoms with E-state index in [4.69, 9.17) is 31.4 Å². The van der Waals surface area contributed by atoms with E-state index in [9.17, 15) is 4.79 Å². The van der Waals surface area contributed by atoms with Gasteiger partial charge >= 0.3 is 0 Å². The molecule has 2 aromatic heterocycles. The Morgan fingerprint density at radius 2 is 1.91 bits per heavy atom. The van der Waals surface area contributed by atoms with Crippen LogP contribution < -0.4 is 4.90 Å². The summed E-state index contributed by atoms with van der Waals surface area (Å²) in [6.07, 6.45) is 3.24. The number of piperazine rings is 1. The first kappa shape index (κ1) is 21.2. The van der Waals surface area contributed by atoms with Crippen molar-refractivity contribution < 1.29 is 9.53 Å². The fourth-order valence-electron chi connectivity index (χ4n) is 4.47. The van der Waals surface area contributed by atoms with Gasteiger partial charge in [-0.15, -0.1) is 0 Å². The molecule has 0 bridgehead atoms. The number of rotatable bonds is 5. The monoisotopic (exact) mass is 454 g/mol. The molecule has 1 saturated heterocycles. The minimum absolute atomic E-state index is 0.233. The highest BCUT2D eigenvalue weighted by molar-refractivity contribution is 6.32. The molecule has 1 aliphatic carbocycles. The molecule has 3 heterocycles. The van der Waals surface area contributed by atoms with E-state index in [0.717, 1.165) is 48.5 Å². The maximum absolute atomic E-state index is 12.7. The SMILES string of the molecule is COCc1nc(N2CCN(C(=O)C3CCC3)CC2)c2c(C)nn(-c3ccccc3Cl)c2n1. The molecular formula is C23H27ClN6O2. The van der Waals surface area contributed by atoms with E-state index in [1.165, 1.54) is 6.42 Å². The number of halogens is 1. The third kappa shape index (κ3) is 3.71. The summed E-state index contributed by atoms with van der Waals surface area (Å²) in [5.74, 6) is 1.98. The molecule has 1 aromatic carbocycles. The number of ether oxygens (including phenoxy) is 1. The molecule has 0 radical (unpaired) electrons. The third-order valence-corrected chi connectivity index (χ3v) is 6.75. The van der Waals surface area contributed by atoms with Crippen LogP contribution in [0.2, 0.25) is 5.02 Å². The number of nitrogens with zero attached hydrogens (tertiary/aromatic N) is 6. The predicted molar refractivity (Wildman–Crippen MR) is 123 cm³/mol. The molecule has 0 spiro atoms. The number of carbonyl (C=O) groups excluding carboxylic acids is 1. The molecule has 9 heteroatoms. The van der Waals surface area contributed by atoms with Crippen molar-refractivity contribution in [3.8, 4) is 5.69 Å². The molecule has 5 rings (SSSR count). The number of benzene rings is 1. The Labute approximate surface area is 192 Å². The zero-order chi connectivity index (χ0) is 22.2. The van der Waals surface area contributed by atoms with Crippen molar-refractivity contribution >= 4 is 34.4 Å². The van der Waals surface area contributed by atoms with E-state index in [0.29, 0.717) is 42.1 Å². The lowest BCUT2D eigenvalue weighted by molar-refractivity contribution is -0.138. The van der Waals surface area contributed by atoms with Gasteiger partial charge in [0.15, 0.2) is 11.5 Å². The van der Waals surface area contributed by atoms with E-state index in [1.807, 2.05) is 36.1 Å². The Bertz CT molecular complexity index is 1150. The summed E-state index contributed by atoms with van der Waals surface area (Å²) < 4.78 is 7.12. The van der Waals surface area contributed by atoms with Crippen molar-refractivity contribution in [1.82, 2.24) is 24.6 Å². The number of hydrogen-bond donors (Lipinski definition) is 0. The third-order valence-electron chi connectivity index (χ3n) is 6.43. The van der Waals surface area contributed by atoms with Crippen molar-refractivity contribution in [2.75, 3.05) is 38.2 Å². The highest BCUT2D eigenvalue weighted by Gasteiger charge is 2.32. The van der Waals surface area contributed by atoms with Crippen LogP contribution in [-0.4, -0.2) is 63.8 Å². The van der Waals surface area contributed by atoms with Gasteiger partial charge in [0.25, 0.3) is 0 Å². The van der Waals surface area contributed by atoms with Crippen LogP contribution in [0.25, 0.3) is 16.7 Å². The number of amides is 1. The molecular weight excluding hydrogens is 428 g/mol. The van der Waals surface area contributed by atoms with E-state index in [-0.39, 0.29) is 5.92 Å². The first-order chi connectivity index (χ1) is 15.6. The fraction of sp³-hybridized carbons (Fsp3) is 0.478. The van der Waals surface area contributed by atoms with Gasteiger partial charge < -0.3 is 14.5 Å². The number of fused-ring (bicyclic) bond motifs is 1. The van der Waals surface area contributed by atoms with Crippen LogP contribution in [0, 0.1) is 12.8 Å². The van der Waals surface area contributed by atoms with E-state index in [2.05, 4.69) is 4.90 Å². The van der Waals surface area contributed by atoms with Crippen molar-refractivity contribution in [1.29, 1.82) is 0 Å². The molecule has 0 N–H and O–H groups in total. The molecule has 0 atom stereocenters. The summed E-state index contributed by atoms with van der Waals surface area (Å²) in [4.78, 5) is 26.5. The van der Waals surface area contributed by atoms with Crippen LogP contribution >= 0.6 is 11.6 Å². The van der Waals surface area contributed by atoms with Crippen molar-refractivity contribution in [2.45, 2.75) is 32.8 Å². The number of aryl methyl sites for hydroxylation is 1. The van der Waals surface area contributed by atoms with Crippen LogP contribution in [0.3, 0.4) is 0 Å². The second-order valence-electron chi connectivity index (χ2n) is 8.48. The zero-order valence-electron chi connectivity index (χ0n) is 18.4. The minimum Gasteiger partial charge on any atom is -0.377 e. The van der Waals surface area contributed by atoms with Crippen LogP contribution in [0.4, 0.5) is 5.82 Å². The van der Waals surface area contributed by atoms with Gasteiger partial charge in [-0.3, -0.25) is 4.79 Å². The number of methoxy groups -OCH3 is 1. The molecule has 8 nitrogen and oxygen atoms in total. The van der Waals surface area contributed by atoms with Gasteiger partial charge in [0, 0.05) is 39.2 Å². The highest BCUT2D eigenvalue weighted by Crippen LogP contribution is 2.32. The Kier molecular flexibility index (Phi) is 5.73. The molecule has 1 saturated carbocycles. The van der Waals surface area contributed by atoms with Crippen molar-refractivity contribution in [2.24, 2.45) is 5.92 Å². The number of anilines is 1. The number of para-hydroxylation sites is 1. The molecule has 0 unspecified atom stereocenters. The lowest BCUT2D eigenvalue weighted by Gasteiger charge is -2.38. The Balaban J connectivity index is 1.51. The highest BCUT2D eigenvalue weighted by atomic mass is 35.5. The quantitative estimate of drug-likeness (QED) is 0.588. The van der Waals surface area contributed by atoms with Gasteiger partial charge in [-0.25, -0.2) is 14.6 Å². The first-order valence-electron chi connectivity index (χ1n) is 11.1. The first-order valence-corrected chi connectivity index (χ1v) is 11.5. The van der Waals surface area contributed by atoms with E-state index in [1.54, 1.807) is 11.8 Å². The maximum Gasteiger partial charge on any atom is 0.225 e. The Morgan fingerprint density at radius 3 is 2.56 bits per heavy atom. The Morgan fingerprint density at radius 1 is 1.16 bits per heavy atom. The number of aromatic nitrogens is 4. The lowest BCUT2D eigenvalue weighted by atomic mass is 9.84. The second kappa shape index (κ2) is 8.67. The normalized spacial score (nSPS) is 17.1. The summed E-state index contributed by atoms with van der Waals surface area (Å²) in [5, 5.41) is 6.27.